The van der Waals surface area contributed by atoms with Gasteiger partial charge in [-0.25, -0.2) is 0 Å². The Morgan fingerprint density at radius 2 is 1.89 bits per heavy atom. The molecule has 2 aliphatic rings. The van der Waals surface area contributed by atoms with Crippen LogP contribution in [-0.4, -0.2) is 64.9 Å². The summed E-state index contributed by atoms with van der Waals surface area (Å²) >= 11 is 0. The Balaban J connectivity index is 1.57. The van der Waals surface area contributed by atoms with Gasteiger partial charge in [0.05, 0.1) is 18.8 Å². The second-order valence-electron chi connectivity index (χ2n) is 10.2. The van der Waals surface area contributed by atoms with Crippen LogP contribution in [0.15, 0.2) is 30.3 Å². The van der Waals surface area contributed by atoms with E-state index in [2.05, 4.69) is 12.2 Å². The minimum absolute atomic E-state index is 0.101. The fourth-order valence-electron chi connectivity index (χ4n) is 5.14. The number of hydrogen-bond acceptors (Lipinski definition) is 5. The van der Waals surface area contributed by atoms with Crippen molar-refractivity contribution in [1.29, 1.82) is 0 Å². The molecule has 1 aliphatic carbocycles. The van der Waals surface area contributed by atoms with Crippen LogP contribution in [0.25, 0.3) is 11.3 Å². The van der Waals surface area contributed by atoms with Gasteiger partial charge >= 0.3 is 0 Å². The highest BCUT2D eigenvalue weighted by Gasteiger charge is 2.48. The van der Waals surface area contributed by atoms with Gasteiger partial charge in [0, 0.05) is 31.9 Å². The highest BCUT2D eigenvalue weighted by molar-refractivity contribution is 6.00. The lowest BCUT2D eigenvalue weighted by Crippen LogP contribution is -2.65. The molecule has 4 rings (SSSR count). The number of nitrogens with zero attached hydrogens (tertiary/aromatic N) is 3. The minimum Gasteiger partial charge on any atom is -0.494 e. The molecule has 2 amide bonds. The molecule has 196 valence electrons. The van der Waals surface area contributed by atoms with E-state index in [-0.39, 0.29) is 17.9 Å². The third-order valence-electron chi connectivity index (χ3n) is 7.37. The molecule has 0 radical (unpaired) electrons. The standard InChI is InChI=1S/C28H40N4O4/c1-4-5-18-36-23-14-12-21(13-15-23)24-19-25-26(33)31(16-9-17-35-3)28(2,20-32(25)30-24)27(34)29-22-10-7-6-8-11-22/h12-15,19,22H,4-11,16-18,20H2,1-3H3,(H,29,34). The summed E-state index contributed by atoms with van der Waals surface area (Å²) in [6.07, 6.45) is 8.24. The Bertz CT molecular complexity index is 1030. The van der Waals surface area contributed by atoms with Crippen molar-refractivity contribution >= 4 is 11.8 Å². The highest BCUT2D eigenvalue weighted by Crippen LogP contribution is 2.31. The number of amides is 2. The van der Waals surface area contributed by atoms with Gasteiger partial charge in [-0.2, -0.15) is 5.10 Å². The monoisotopic (exact) mass is 496 g/mol. The summed E-state index contributed by atoms with van der Waals surface area (Å²) in [6, 6.07) is 9.80. The normalized spacial score (nSPS) is 20.3. The predicted molar refractivity (Wildman–Crippen MR) is 139 cm³/mol. The summed E-state index contributed by atoms with van der Waals surface area (Å²) in [4.78, 5) is 29.0. The SMILES string of the molecule is CCCCOc1ccc(-c2cc3n(n2)CC(C)(C(=O)NC2CCCCC2)N(CCCOC)C3=O)cc1. The van der Waals surface area contributed by atoms with Gasteiger partial charge in [0.15, 0.2) is 0 Å². The number of nitrogens with one attached hydrogen (secondary N) is 1. The average molecular weight is 497 g/mol. The van der Waals surface area contributed by atoms with E-state index in [0.29, 0.717) is 44.1 Å². The number of aromatic nitrogens is 2. The number of carbonyl (C=O) groups is 2. The van der Waals surface area contributed by atoms with E-state index >= 15 is 0 Å². The minimum atomic E-state index is -1.02. The number of unbranched alkanes of at least 4 members (excludes halogenated alkanes) is 1. The molecule has 0 saturated heterocycles. The number of rotatable bonds is 11. The lowest BCUT2D eigenvalue weighted by atomic mass is 9.91. The van der Waals surface area contributed by atoms with Crippen LogP contribution in [0.1, 0.15) is 75.7 Å². The zero-order valence-electron chi connectivity index (χ0n) is 21.9. The number of ether oxygens (including phenoxy) is 2. The van der Waals surface area contributed by atoms with E-state index in [1.165, 1.54) is 6.42 Å². The lowest BCUT2D eigenvalue weighted by Gasteiger charge is -2.44. The first-order valence-electron chi connectivity index (χ1n) is 13.4. The van der Waals surface area contributed by atoms with Crippen LogP contribution in [0.2, 0.25) is 0 Å². The molecule has 1 aromatic heterocycles. The summed E-state index contributed by atoms with van der Waals surface area (Å²) in [7, 11) is 1.65. The number of benzene rings is 1. The van der Waals surface area contributed by atoms with E-state index in [0.717, 1.165) is 49.8 Å². The molecular formula is C28H40N4O4. The topological polar surface area (TPSA) is 85.7 Å². The first-order valence-corrected chi connectivity index (χ1v) is 13.4. The third kappa shape index (κ3) is 5.75. The van der Waals surface area contributed by atoms with Crippen LogP contribution in [0, 0.1) is 0 Å². The molecule has 1 N–H and O–H groups in total. The van der Waals surface area contributed by atoms with Gasteiger partial charge in [-0.15, -0.1) is 0 Å². The molecule has 1 aromatic carbocycles. The molecular weight excluding hydrogens is 456 g/mol. The van der Waals surface area contributed by atoms with Gasteiger partial charge in [-0.05, 0) is 62.9 Å². The summed E-state index contributed by atoms with van der Waals surface area (Å²) in [5.74, 6) is 0.553. The van der Waals surface area contributed by atoms with Crippen molar-refractivity contribution in [2.45, 2.75) is 83.3 Å². The van der Waals surface area contributed by atoms with Crippen LogP contribution in [-0.2, 0) is 16.1 Å². The van der Waals surface area contributed by atoms with Gasteiger partial charge in [-0.3, -0.25) is 14.3 Å². The van der Waals surface area contributed by atoms with E-state index in [1.54, 1.807) is 16.7 Å². The molecule has 1 saturated carbocycles. The van der Waals surface area contributed by atoms with Crippen LogP contribution < -0.4 is 10.1 Å². The van der Waals surface area contributed by atoms with Crippen molar-refractivity contribution in [2.24, 2.45) is 0 Å². The summed E-state index contributed by atoms with van der Waals surface area (Å²) in [5, 5.41) is 8.00. The maximum absolute atomic E-state index is 13.7. The second kappa shape index (κ2) is 11.9. The number of fused-ring (bicyclic) bond motifs is 1. The number of methoxy groups -OCH3 is 1. The second-order valence-corrected chi connectivity index (χ2v) is 10.2. The average Bonchev–Trinajstić information content (AvgIpc) is 3.31. The Morgan fingerprint density at radius 3 is 2.58 bits per heavy atom. The van der Waals surface area contributed by atoms with Gasteiger partial charge in [0.1, 0.15) is 17.0 Å². The highest BCUT2D eigenvalue weighted by atomic mass is 16.5. The quantitative estimate of drug-likeness (QED) is 0.465. The maximum atomic E-state index is 13.7. The Labute approximate surface area is 214 Å². The number of hydrogen-bond donors (Lipinski definition) is 1. The van der Waals surface area contributed by atoms with Gasteiger partial charge < -0.3 is 19.7 Å². The summed E-state index contributed by atoms with van der Waals surface area (Å²) in [5.41, 5.74) is 1.11. The van der Waals surface area contributed by atoms with Gasteiger partial charge in [0.25, 0.3) is 5.91 Å². The fourth-order valence-corrected chi connectivity index (χ4v) is 5.14. The molecule has 1 aliphatic heterocycles. The van der Waals surface area contributed by atoms with Crippen molar-refractivity contribution in [1.82, 2.24) is 20.0 Å². The van der Waals surface area contributed by atoms with Crippen molar-refractivity contribution in [3.63, 3.8) is 0 Å². The molecule has 36 heavy (non-hydrogen) atoms. The molecule has 0 spiro atoms. The molecule has 1 unspecified atom stereocenters. The zero-order chi connectivity index (χ0) is 25.5. The zero-order valence-corrected chi connectivity index (χ0v) is 21.9. The first-order chi connectivity index (χ1) is 17.5. The molecule has 2 heterocycles. The number of carbonyl (C=O) groups excluding carboxylic acids is 2. The molecule has 1 atom stereocenters. The van der Waals surface area contributed by atoms with Gasteiger partial charge in [0.2, 0.25) is 5.91 Å². The van der Waals surface area contributed by atoms with Gasteiger partial charge in [-0.1, -0.05) is 32.6 Å². The fraction of sp³-hybridized carbons (Fsp3) is 0.607. The van der Waals surface area contributed by atoms with Crippen LogP contribution >= 0.6 is 0 Å². The van der Waals surface area contributed by atoms with Crippen LogP contribution in [0.5, 0.6) is 5.75 Å². The van der Waals surface area contributed by atoms with Crippen LogP contribution in [0.3, 0.4) is 0 Å². The van der Waals surface area contributed by atoms with Crippen molar-refractivity contribution < 1.29 is 19.1 Å². The largest absolute Gasteiger partial charge is 0.494 e. The first kappa shape index (κ1) is 26.2. The predicted octanol–water partition coefficient (Wildman–Crippen LogP) is 4.43. The molecule has 1 fully saturated rings. The maximum Gasteiger partial charge on any atom is 0.273 e. The van der Waals surface area contributed by atoms with Crippen molar-refractivity contribution in [2.75, 3.05) is 26.9 Å². The molecule has 2 aromatic rings. The Kier molecular flexibility index (Phi) is 8.67. The summed E-state index contributed by atoms with van der Waals surface area (Å²) < 4.78 is 12.7. The molecule has 8 heteroatoms. The van der Waals surface area contributed by atoms with E-state index in [9.17, 15) is 9.59 Å². The van der Waals surface area contributed by atoms with Crippen LogP contribution in [0.4, 0.5) is 0 Å². The summed E-state index contributed by atoms with van der Waals surface area (Å²) in [6.45, 7) is 5.99. The third-order valence-corrected chi connectivity index (χ3v) is 7.37. The smallest absolute Gasteiger partial charge is 0.273 e. The molecule has 8 nitrogen and oxygen atoms in total. The Morgan fingerprint density at radius 1 is 1.14 bits per heavy atom. The van der Waals surface area contributed by atoms with Crippen molar-refractivity contribution in [3.8, 4) is 17.0 Å². The van der Waals surface area contributed by atoms with E-state index < -0.39 is 5.54 Å². The van der Waals surface area contributed by atoms with E-state index in [4.69, 9.17) is 14.6 Å². The van der Waals surface area contributed by atoms with E-state index in [1.807, 2.05) is 37.3 Å². The van der Waals surface area contributed by atoms with Crippen molar-refractivity contribution in [3.05, 3.63) is 36.0 Å². The molecule has 0 bridgehead atoms. The lowest BCUT2D eigenvalue weighted by molar-refractivity contribution is -0.134. The Hall–Kier alpha value is -2.87.